The SMILES string of the molecule is CC(=O)OC1(c2ccc(Br)cn2)CC1. The van der Waals surface area contributed by atoms with Gasteiger partial charge in [0.1, 0.15) is 0 Å². The van der Waals surface area contributed by atoms with Crippen LogP contribution in [0.4, 0.5) is 0 Å². The number of rotatable bonds is 2. The molecule has 1 saturated carbocycles. The second-order valence-corrected chi connectivity index (χ2v) is 4.37. The Labute approximate surface area is 90.6 Å². The van der Waals surface area contributed by atoms with Crippen molar-refractivity contribution in [3.05, 3.63) is 28.5 Å². The summed E-state index contributed by atoms with van der Waals surface area (Å²) < 4.78 is 6.19. The van der Waals surface area contributed by atoms with Gasteiger partial charge in [0.25, 0.3) is 0 Å². The van der Waals surface area contributed by atoms with Gasteiger partial charge < -0.3 is 4.74 Å². The molecule has 0 radical (unpaired) electrons. The highest BCUT2D eigenvalue weighted by atomic mass is 79.9. The van der Waals surface area contributed by atoms with Crippen LogP contribution < -0.4 is 0 Å². The van der Waals surface area contributed by atoms with E-state index >= 15 is 0 Å². The number of hydrogen-bond donors (Lipinski definition) is 0. The molecule has 1 aromatic heterocycles. The van der Waals surface area contributed by atoms with E-state index in [1.54, 1.807) is 6.20 Å². The Morgan fingerprint density at radius 2 is 2.29 bits per heavy atom. The van der Waals surface area contributed by atoms with Gasteiger partial charge in [-0.15, -0.1) is 0 Å². The molecular formula is C10H10BrNO2. The van der Waals surface area contributed by atoms with E-state index in [1.807, 2.05) is 12.1 Å². The van der Waals surface area contributed by atoms with Gasteiger partial charge in [-0.25, -0.2) is 0 Å². The predicted molar refractivity (Wildman–Crippen MR) is 54.6 cm³/mol. The van der Waals surface area contributed by atoms with Crippen molar-refractivity contribution in [3.63, 3.8) is 0 Å². The number of esters is 1. The van der Waals surface area contributed by atoms with Crippen LogP contribution in [-0.4, -0.2) is 11.0 Å². The highest BCUT2D eigenvalue weighted by Crippen LogP contribution is 2.48. The molecule has 14 heavy (non-hydrogen) atoms. The summed E-state index contributed by atoms with van der Waals surface area (Å²) in [5, 5.41) is 0. The lowest BCUT2D eigenvalue weighted by atomic mass is 10.2. The first-order valence-electron chi connectivity index (χ1n) is 4.44. The van der Waals surface area contributed by atoms with Gasteiger partial charge in [-0.05, 0) is 40.9 Å². The average Bonchev–Trinajstić information content (AvgIpc) is 2.85. The lowest BCUT2D eigenvalue weighted by Gasteiger charge is -2.14. The molecule has 0 aromatic carbocycles. The lowest BCUT2D eigenvalue weighted by Crippen LogP contribution is -2.16. The highest BCUT2D eigenvalue weighted by molar-refractivity contribution is 9.10. The second-order valence-electron chi connectivity index (χ2n) is 3.45. The Bertz CT molecular complexity index is 357. The summed E-state index contributed by atoms with van der Waals surface area (Å²) in [7, 11) is 0. The fourth-order valence-corrected chi connectivity index (χ4v) is 1.68. The third-order valence-electron chi connectivity index (χ3n) is 2.24. The molecule has 1 aliphatic carbocycles. The fourth-order valence-electron chi connectivity index (χ4n) is 1.44. The first kappa shape index (κ1) is 9.65. The number of hydrogen-bond acceptors (Lipinski definition) is 3. The van der Waals surface area contributed by atoms with Crippen LogP contribution in [0, 0.1) is 0 Å². The zero-order chi connectivity index (χ0) is 10.2. The van der Waals surface area contributed by atoms with Gasteiger partial charge in [0.05, 0.1) is 5.69 Å². The van der Waals surface area contributed by atoms with E-state index in [9.17, 15) is 4.79 Å². The van der Waals surface area contributed by atoms with Crippen molar-refractivity contribution in [1.29, 1.82) is 0 Å². The van der Waals surface area contributed by atoms with Gasteiger partial charge in [0.2, 0.25) is 0 Å². The van der Waals surface area contributed by atoms with Crippen molar-refractivity contribution < 1.29 is 9.53 Å². The third-order valence-corrected chi connectivity index (χ3v) is 2.71. The lowest BCUT2D eigenvalue weighted by molar-refractivity contribution is -0.149. The Morgan fingerprint density at radius 3 is 2.71 bits per heavy atom. The zero-order valence-corrected chi connectivity index (χ0v) is 9.37. The maximum Gasteiger partial charge on any atom is 0.303 e. The molecule has 0 aliphatic heterocycles. The van der Waals surface area contributed by atoms with Crippen molar-refractivity contribution in [2.45, 2.75) is 25.4 Å². The largest absolute Gasteiger partial charge is 0.453 e. The minimum Gasteiger partial charge on any atom is -0.453 e. The highest BCUT2D eigenvalue weighted by Gasteiger charge is 2.49. The van der Waals surface area contributed by atoms with Gasteiger partial charge in [-0.2, -0.15) is 0 Å². The van der Waals surface area contributed by atoms with Crippen LogP contribution in [0.5, 0.6) is 0 Å². The minimum atomic E-state index is -0.424. The minimum absolute atomic E-state index is 0.243. The Kier molecular flexibility index (Phi) is 2.31. The number of pyridine rings is 1. The number of aromatic nitrogens is 1. The molecule has 1 fully saturated rings. The van der Waals surface area contributed by atoms with E-state index in [4.69, 9.17) is 4.74 Å². The van der Waals surface area contributed by atoms with Crippen LogP contribution in [0.25, 0.3) is 0 Å². The van der Waals surface area contributed by atoms with E-state index in [1.165, 1.54) is 6.92 Å². The summed E-state index contributed by atoms with van der Waals surface area (Å²) in [6.45, 7) is 1.43. The standard InChI is InChI=1S/C10H10BrNO2/c1-7(13)14-10(4-5-10)9-3-2-8(11)6-12-9/h2-3,6H,4-5H2,1H3. The molecule has 0 bridgehead atoms. The normalized spacial score (nSPS) is 17.6. The van der Waals surface area contributed by atoms with Crippen molar-refractivity contribution in [2.24, 2.45) is 0 Å². The van der Waals surface area contributed by atoms with E-state index in [0.29, 0.717) is 0 Å². The first-order chi connectivity index (χ1) is 6.62. The van der Waals surface area contributed by atoms with E-state index in [0.717, 1.165) is 23.0 Å². The van der Waals surface area contributed by atoms with Crippen LogP contribution in [0.15, 0.2) is 22.8 Å². The summed E-state index contributed by atoms with van der Waals surface area (Å²) in [4.78, 5) is 15.1. The zero-order valence-electron chi connectivity index (χ0n) is 7.79. The van der Waals surface area contributed by atoms with Crippen LogP contribution in [-0.2, 0) is 15.1 Å². The summed E-state index contributed by atoms with van der Waals surface area (Å²) in [6, 6.07) is 3.80. The summed E-state index contributed by atoms with van der Waals surface area (Å²) >= 11 is 3.31. The van der Waals surface area contributed by atoms with Crippen molar-refractivity contribution in [2.75, 3.05) is 0 Å². The molecular weight excluding hydrogens is 246 g/mol. The first-order valence-corrected chi connectivity index (χ1v) is 5.23. The number of ether oxygens (including phenoxy) is 1. The molecule has 2 rings (SSSR count). The van der Waals surface area contributed by atoms with Crippen molar-refractivity contribution in [1.82, 2.24) is 4.98 Å². The molecule has 0 amide bonds. The van der Waals surface area contributed by atoms with Gasteiger partial charge >= 0.3 is 5.97 Å². The molecule has 0 N–H and O–H groups in total. The molecule has 0 saturated heterocycles. The monoisotopic (exact) mass is 255 g/mol. The summed E-state index contributed by atoms with van der Waals surface area (Å²) in [5.41, 5.74) is 0.419. The Hall–Kier alpha value is -0.900. The summed E-state index contributed by atoms with van der Waals surface area (Å²) in [5.74, 6) is -0.243. The fraction of sp³-hybridized carbons (Fsp3) is 0.400. The number of nitrogens with zero attached hydrogens (tertiary/aromatic N) is 1. The quantitative estimate of drug-likeness (QED) is 0.762. The van der Waals surface area contributed by atoms with E-state index in [2.05, 4.69) is 20.9 Å². The van der Waals surface area contributed by atoms with Gasteiger partial charge in [0, 0.05) is 17.6 Å². The molecule has 0 spiro atoms. The molecule has 1 aliphatic rings. The van der Waals surface area contributed by atoms with Crippen LogP contribution in [0.1, 0.15) is 25.5 Å². The molecule has 74 valence electrons. The van der Waals surface area contributed by atoms with Crippen molar-refractivity contribution in [3.8, 4) is 0 Å². The number of carbonyl (C=O) groups excluding carboxylic acids is 1. The average molecular weight is 256 g/mol. The molecule has 1 aromatic rings. The maximum absolute atomic E-state index is 10.9. The van der Waals surface area contributed by atoms with E-state index in [-0.39, 0.29) is 5.97 Å². The Balaban J connectivity index is 2.22. The third kappa shape index (κ3) is 1.80. The molecule has 0 unspecified atom stereocenters. The topological polar surface area (TPSA) is 39.2 Å². The van der Waals surface area contributed by atoms with Gasteiger partial charge in [0.15, 0.2) is 5.60 Å². The second kappa shape index (κ2) is 3.35. The molecule has 3 nitrogen and oxygen atoms in total. The van der Waals surface area contributed by atoms with Crippen LogP contribution >= 0.6 is 15.9 Å². The van der Waals surface area contributed by atoms with Crippen LogP contribution in [0.2, 0.25) is 0 Å². The van der Waals surface area contributed by atoms with Crippen LogP contribution in [0.3, 0.4) is 0 Å². The summed E-state index contributed by atoms with van der Waals surface area (Å²) in [6.07, 6.45) is 3.47. The van der Waals surface area contributed by atoms with Gasteiger partial charge in [-0.1, -0.05) is 0 Å². The maximum atomic E-state index is 10.9. The number of halogens is 1. The van der Waals surface area contributed by atoms with Gasteiger partial charge in [-0.3, -0.25) is 9.78 Å². The molecule has 1 heterocycles. The molecule has 4 heteroatoms. The predicted octanol–water partition coefficient (Wildman–Crippen LogP) is 2.40. The van der Waals surface area contributed by atoms with E-state index < -0.39 is 5.60 Å². The molecule has 0 atom stereocenters. The van der Waals surface area contributed by atoms with Crippen molar-refractivity contribution >= 4 is 21.9 Å². The smallest absolute Gasteiger partial charge is 0.303 e. The number of carbonyl (C=O) groups is 1. The Morgan fingerprint density at radius 1 is 1.57 bits per heavy atom.